The highest BCUT2D eigenvalue weighted by molar-refractivity contribution is 14.0. The van der Waals surface area contributed by atoms with E-state index in [0.29, 0.717) is 6.04 Å². The summed E-state index contributed by atoms with van der Waals surface area (Å²) in [7, 11) is 0. The lowest BCUT2D eigenvalue weighted by Crippen LogP contribution is -2.49. The van der Waals surface area contributed by atoms with Crippen LogP contribution in [-0.2, 0) is 17.7 Å². The van der Waals surface area contributed by atoms with Crippen LogP contribution in [0.3, 0.4) is 0 Å². The van der Waals surface area contributed by atoms with Gasteiger partial charge in [-0.1, -0.05) is 6.92 Å². The number of nitrogens with zero attached hydrogens (tertiary/aromatic N) is 2. The molecule has 1 unspecified atom stereocenters. The lowest BCUT2D eigenvalue weighted by Gasteiger charge is -2.32. The molecule has 1 aromatic rings. The van der Waals surface area contributed by atoms with Crippen LogP contribution in [0.2, 0.25) is 0 Å². The van der Waals surface area contributed by atoms with E-state index in [4.69, 9.17) is 9.73 Å². The predicted molar refractivity (Wildman–Crippen MR) is 114 cm³/mol. The Hall–Kier alpha value is -0.380. The molecule has 0 saturated carbocycles. The molecule has 1 fully saturated rings. The Morgan fingerprint density at radius 2 is 1.96 bits per heavy atom. The first-order valence-corrected chi connectivity index (χ1v) is 9.46. The molecule has 7 heteroatoms. The zero-order valence-electron chi connectivity index (χ0n) is 15.0. The molecule has 1 atom stereocenters. The topological polar surface area (TPSA) is 48.9 Å². The number of halogens is 1. The Kier molecular flexibility index (Phi) is 10.9. The molecule has 1 aliphatic heterocycles. The maximum absolute atomic E-state index is 5.42. The van der Waals surface area contributed by atoms with Gasteiger partial charge in [0.05, 0.1) is 19.8 Å². The molecular weight excluding hydrogens is 435 g/mol. The first kappa shape index (κ1) is 21.7. The molecule has 0 amide bonds. The van der Waals surface area contributed by atoms with E-state index in [9.17, 15) is 0 Å². The van der Waals surface area contributed by atoms with Gasteiger partial charge >= 0.3 is 0 Å². The van der Waals surface area contributed by atoms with Crippen LogP contribution in [0.4, 0.5) is 0 Å². The molecule has 2 rings (SSSR count). The van der Waals surface area contributed by atoms with Crippen LogP contribution < -0.4 is 10.6 Å². The Balaban J connectivity index is 0.00000288. The number of guanidine groups is 1. The van der Waals surface area contributed by atoms with Crippen LogP contribution >= 0.6 is 35.3 Å². The second-order valence-corrected chi connectivity index (χ2v) is 7.05. The zero-order chi connectivity index (χ0) is 16.5. The van der Waals surface area contributed by atoms with Crippen LogP contribution in [0.5, 0.6) is 0 Å². The Morgan fingerprint density at radius 1 is 1.25 bits per heavy atom. The number of thiophene rings is 1. The van der Waals surface area contributed by atoms with Gasteiger partial charge in [-0.3, -0.25) is 4.90 Å². The van der Waals surface area contributed by atoms with Crippen molar-refractivity contribution in [2.24, 2.45) is 4.99 Å². The summed E-state index contributed by atoms with van der Waals surface area (Å²) in [5, 5.41) is 6.80. The first-order chi connectivity index (χ1) is 11.2. The second kappa shape index (κ2) is 12.1. The van der Waals surface area contributed by atoms with Crippen LogP contribution in [0, 0.1) is 0 Å². The normalized spacial score (nSPS) is 17.2. The summed E-state index contributed by atoms with van der Waals surface area (Å²) >= 11 is 1.86. The number of aliphatic imine (C=N–C) groups is 1. The molecule has 2 heterocycles. The van der Waals surface area contributed by atoms with Crippen molar-refractivity contribution < 1.29 is 4.74 Å². The van der Waals surface area contributed by atoms with E-state index in [1.807, 2.05) is 11.3 Å². The van der Waals surface area contributed by atoms with Crippen molar-refractivity contribution in [2.45, 2.75) is 39.8 Å². The molecule has 0 aliphatic carbocycles. The molecule has 0 aromatic carbocycles. The Bertz CT molecular complexity index is 489. The average Bonchev–Trinajstić information content (AvgIpc) is 3.06. The van der Waals surface area contributed by atoms with E-state index in [2.05, 4.69) is 48.4 Å². The van der Waals surface area contributed by atoms with Crippen molar-refractivity contribution in [1.82, 2.24) is 15.5 Å². The number of aryl methyl sites for hydroxylation is 1. The third-order valence-corrected chi connectivity index (χ3v) is 5.25. The molecule has 24 heavy (non-hydrogen) atoms. The van der Waals surface area contributed by atoms with E-state index in [0.717, 1.165) is 58.3 Å². The molecule has 0 radical (unpaired) electrons. The van der Waals surface area contributed by atoms with Crippen LogP contribution in [0.25, 0.3) is 0 Å². The minimum atomic E-state index is 0. The third kappa shape index (κ3) is 7.25. The summed E-state index contributed by atoms with van der Waals surface area (Å²) in [6.45, 7) is 12.8. The fraction of sp³-hybridized carbons (Fsp3) is 0.706. The lowest BCUT2D eigenvalue weighted by molar-refractivity contribution is 0.0211. The molecule has 2 N–H and O–H groups in total. The smallest absolute Gasteiger partial charge is 0.191 e. The molecule has 0 bridgehead atoms. The van der Waals surface area contributed by atoms with E-state index in [1.54, 1.807) is 0 Å². The summed E-state index contributed by atoms with van der Waals surface area (Å²) in [4.78, 5) is 9.92. The standard InChI is InChI=1S/C17H30N4OS.HI/c1-4-15-6-7-16(23-15)13-20-17(18-5-2)19-12-14(3)21-8-10-22-11-9-21;/h6-7,14H,4-5,8-13H2,1-3H3,(H2,18,19,20);1H. The van der Waals surface area contributed by atoms with Gasteiger partial charge in [0.15, 0.2) is 5.96 Å². The Morgan fingerprint density at radius 3 is 2.58 bits per heavy atom. The fourth-order valence-electron chi connectivity index (χ4n) is 2.59. The van der Waals surface area contributed by atoms with Gasteiger partial charge in [0.2, 0.25) is 0 Å². The average molecular weight is 466 g/mol. The van der Waals surface area contributed by atoms with Gasteiger partial charge < -0.3 is 15.4 Å². The molecular formula is C17H31IN4OS. The number of hydrogen-bond donors (Lipinski definition) is 2. The maximum Gasteiger partial charge on any atom is 0.191 e. The third-order valence-electron chi connectivity index (χ3n) is 4.04. The highest BCUT2D eigenvalue weighted by Crippen LogP contribution is 2.17. The summed E-state index contributed by atoms with van der Waals surface area (Å²) in [5.74, 6) is 0.902. The molecule has 0 spiro atoms. The van der Waals surface area contributed by atoms with Gasteiger partial charge in [-0.15, -0.1) is 35.3 Å². The zero-order valence-corrected chi connectivity index (χ0v) is 18.2. The van der Waals surface area contributed by atoms with E-state index >= 15 is 0 Å². The van der Waals surface area contributed by atoms with Crippen LogP contribution in [-0.4, -0.2) is 56.3 Å². The SMILES string of the molecule is CCNC(=NCc1ccc(CC)s1)NCC(C)N1CCOCC1.I. The van der Waals surface area contributed by atoms with Crippen molar-refractivity contribution in [1.29, 1.82) is 0 Å². The summed E-state index contributed by atoms with van der Waals surface area (Å²) in [6, 6.07) is 4.87. The van der Waals surface area contributed by atoms with Gasteiger partial charge in [-0.2, -0.15) is 0 Å². The van der Waals surface area contributed by atoms with Crippen molar-refractivity contribution in [2.75, 3.05) is 39.4 Å². The van der Waals surface area contributed by atoms with Gasteiger partial charge in [-0.25, -0.2) is 4.99 Å². The van der Waals surface area contributed by atoms with Gasteiger partial charge in [0.1, 0.15) is 0 Å². The van der Waals surface area contributed by atoms with Crippen molar-refractivity contribution in [3.05, 3.63) is 21.9 Å². The van der Waals surface area contributed by atoms with Crippen LogP contribution in [0.1, 0.15) is 30.5 Å². The second-order valence-electron chi connectivity index (χ2n) is 5.80. The minimum Gasteiger partial charge on any atom is -0.379 e. The molecule has 1 aliphatic rings. The summed E-state index contributed by atoms with van der Waals surface area (Å²) in [5.41, 5.74) is 0. The highest BCUT2D eigenvalue weighted by atomic mass is 127. The Labute approximate surface area is 167 Å². The molecule has 138 valence electrons. The molecule has 1 aromatic heterocycles. The van der Waals surface area contributed by atoms with Gasteiger partial charge in [0.25, 0.3) is 0 Å². The molecule has 5 nitrogen and oxygen atoms in total. The summed E-state index contributed by atoms with van der Waals surface area (Å²) < 4.78 is 5.42. The predicted octanol–water partition coefficient (Wildman–Crippen LogP) is 2.70. The van der Waals surface area contributed by atoms with Crippen molar-refractivity contribution >= 4 is 41.3 Å². The number of hydrogen-bond acceptors (Lipinski definition) is 4. The minimum absolute atomic E-state index is 0. The fourth-order valence-corrected chi connectivity index (χ4v) is 3.47. The number of nitrogens with one attached hydrogen (secondary N) is 2. The monoisotopic (exact) mass is 466 g/mol. The van der Waals surface area contributed by atoms with Crippen molar-refractivity contribution in [3.8, 4) is 0 Å². The van der Waals surface area contributed by atoms with Gasteiger partial charge in [0, 0.05) is 42.0 Å². The highest BCUT2D eigenvalue weighted by Gasteiger charge is 2.16. The number of rotatable bonds is 7. The quantitative estimate of drug-likeness (QED) is 0.369. The number of morpholine rings is 1. The van der Waals surface area contributed by atoms with E-state index in [1.165, 1.54) is 9.75 Å². The molecule has 1 saturated heterocycles. The lowest BCUT2D eigenvalue weighted by atomic mass is 10.2. The largest absolute Gasteiger partial charge is 0.379 e. The van der Waals surface area contributed by atoms with E-state index in [-0.39, 0.29) is 24.0 Å². The number of ether oxygens (including phenoxy) is 1. The maximum atomic E-state index is 5.42. The van der Waals surface area contributed by atoms with Crippen LogP contribution in [0.15, 0.2) is 17.1 Å². The van der Waals surface area contributed by atoms with Gasteiger partial charge in [-0.05, 0) is 32.4 Å². The van der Waals surface area contributed by atoms with E-state index < -0.39 is 0 Å². The summed E-state index contributed by atoms with van der Waals surface area (Å²) in [6.07, 6.45) is 1.10. The first-order valence-electron chi connectivity index (χ1n) is 8.64. The van der Waals surface area contributed by atoms with Crippen molar-refractivity contribution in [3.63, 3.8) is 0 Å².